The number of benzene rings is 1. The lowest BCUT2D eigenvalue weighted by Crippen LogP contribution is -2.32. The molecule has 6 rings (SSSR count). The van der Waals surface area contributed by atoms with Gasteiger partial charge in [0.2, 0.25) is 0 Å². The first-order valence-corrected chi connectivity index (χ1v) is 21.2. The van der Waals surface area contributed by atoms with Crippen LogP contribution in [0.5, 0.6) is 0 Å². The molecule has 0 radical (unpaired) electrons. The molecule has 1 aromatic carbocycles. The first-order valence-electron chi connectivity index (χ1n) is 19.2. The number of nitrogens with one attached hydrogen (secondary N) is 1. The molecule has 14 heteroatoms. The number of aromatic nitrogens is 3. The van der Waals surface area contributed by atoms with Crippen LogP contribution in [0.2, 0.25) is 0 Å². The first-order chi connectivity index (χ1) is 26.0. The molecule has 1 atom stereocenters. The van der Waals surface area contributed by atoms with Crippen LogP contribution >= 0.6 is 0 Å². The Morgan fingerprint density at radius 3 is 2.29 bits per heavy atom. The summed E-state index contributed by atoms with van der Waals surface area (Å²) in [5, 5.41) is -0.373. The lowest BCUT2D eigenvalue weighted by atomic mass is 9.93. The standard InChI is InChI=1S/C41H51F2N5O6S/c1-41(2,3)54-35(49)15-13-11-9-7-6-8-10-12-14-17-47-18-16-34(55(5,52)53)29-20-28-31-25-46(4)40(51)37-36(31)26(22-44-37)24-48(33(28)21-30(29)39(47)50)38-32(43)19-27(42)23-45-38/h19-23,25,34,44H,6-18,24H2,1-5H3. The van der Waals surface area contributed by atoms with Gasteiger partial charge in [0.05, 0.1) is 23.7 Å². The Morgan fingerprint density at radius 1 is 0.964 bits per heavy atom. The number of fused-ring (bicyclic) bond motifs is 3. The van der Waals surface area contributed by atoms with Crippen molar-refractivity contribution in [3.63, 3.8) is 0 Å². The largest absolute Gasteiger partial charge is 0.460 e. The minimum atomic E-state index is -3.69. The van der Waals surface area contributed by atoms with E-state index in [1.165, 1.54) is 10.8 Å². The number of amides is 1. The lowest BCUT2D eigenvalue weighted by Gasteiger charge is -2.27. The molecule has 4 aromatic rings. The highest BCUT2D eigenvalue weighted by atomic mass is 32.2. The van der Waals surface area contributed by atoms with Crippen molar-refractivity contribution in [2.75, 3.05) is 24.2 Å². The van der Waals surface area contributed by atoms with E-state index in [-0.39, 0.29) is 48.3 Å². The molecule has 1 N–H and O–H groups in total. The molecule has 0 saturated carbocycles. The highest BCUT2D eigenvalue weighted by Crippen LogP contribution is 2.47. The molecule has 2 aliphatic heterocycles. The zero-order chi connectivity index (χ0) is 39.7. The fourth-order valence-corrected chi connectivity index (χ4v) is 9.06. The predicted molar refractivity (Wildman–Crippen MR) is 209 cm³/mol. The summed E-state index contributed by atoms with van der Waals surface area (Å²) in [5.41, 5.74) is 2.33. The summed E-state index contributed by atoms with van der Waals surface area (Å²) in [6.45, 7) is 6.37. The summed E-state index contributed by atoms with van der Waals surface area (Å²) < 4.78 is 63.1. The number of aromatic amines is 1. The molecule has 2 aliphatic rings. The summed E-state index contributed by atoms with van der Waals surface area (Å²) >= 11 is 0. The Morgan fingerprint density at radius 2 is 1.64 bits per heavy atom. The highest BCUT2D eigenvalue weighted by Gasteiger charge is 2.37. The van der Waals surface area contributed by atoms with Gasteiger partial charge in [0.15, 0.2) is 21.5 Å². The Labute approximate surface area is 321 Å². The van der Waals surface area contributed by atoms with E-state index in [2.05, 4.69) is 9.97 Å². The number of anilines is 2. The van der Waals surface area contributed by atoms with Crippen LogP contribution in [0.4, 0.5) is 20.3 Å². The van der Waals surface area contributed by atoms with Crippen LogP contribution in [-0.2, 0) is 33.0 Å². The average Bonchev–Trinajstić information content (AvgIpc) is 3.40. The second-order valence-electron chi connectivity index (χ2n) is 15.9. The van der Waals surface area contributed by atoms with E-state index in [9.17, 15) is 27.2 Å². The molecule has 55 heavy (non-hydrogen) atoms. The number of esters is 1. The van der Waals surface area contributed by atoms with Crippen molar-refractivity contribution in [1.82, 2.24) is 19.4 Å². The van der Waals surface area contributed by atoms with Crippen LogP contribution in [0.3, 0.4) is 0 Å². The number of carbonyl (C=O) groups excluding carboxylic acids is 2. The minimum Gasteiger partial charge on any atom is -0.460 e. The van der Waals surface area contributed by atoms with Gasteiger partial charge in [-0.25, -0.2) is 22.2 Å². The van der Waals surface area contributed by atoms with E-state index in [1.54, 1.807) is 41.4 Å². The van der Waals surface area contributed by atoms with Gasteiger partial charge in [-0.2, -0.15) is 0 Å². The number of H-pyrrole nitrogens is 1. The quantitative estimate of drug-likeness (QED) is 0.100. The maximum atomic E-state index is 15.5. The zero-order valence-corrected chi connectivity index (χ0v) is 33.2. The molecular formula is C41H51F2N5O6S. The molecule has 0 fully saturated rings. The van der Waals surface area contributed by atoms with Crippen molar-refractivity contribution in [1.29, 1.82) is 0 Å². The molecule has 1 unspecified atom stereocenters. The smallest absolute Gasteiger partial charge is 0.306 e. The first kappa shape index (κ1) is 40.1. The number of pyridine rings is 2. The molecule has 0 aliphatic carbocycles. The number of ether oxygens (including phenoxy) is 1. The number of carbonyl (C=O) groups is 2. The summed E-state index contributed by atoms with van der Waals surface area (Å²) in [6.07, 6.45) is 14.9. The molecule has 296 valence electrons. The van der Waals surface area contributed by atoms with Crippen LogP contribution in [-0.4, -0.2) is 64.7 Å². The number of hydrogen-bond donors (Lipinski definition) is 1. The molecule has 0 bridgehead atoms. The van der Waals surface area contributed by atoms with Crippen molar-refractivity contribution < 1.29 is 31.5 Å². The van der Waals surface area contributed by atoms with Gasteiger partial charge in [0, 0.05) is 73.4 Å². The van der Waals surface area contributed by atoms with Crippen LogP contribution in [0.15, 0.2) is 41.6 Å². The normalized spacial score (nSPS) is 15.8. The van der Waals surface area contributed by atoms with E-state index in [0.717, 1.165) is 70.1 Å². The van der Waals surface area contributed by atoms with Crippen molar-refractivity contribution >= 4 is 44.1 Å². The molecular weight excluding hydrogens is 729 g/mol. The number of sulfone groups is 1. The summed E-state index contributed by atoms with van der Waals surface area (Å²) in [5.74, 6) is -2.38. The van der Waals surface area contributed by atoms with Gasteiger partial charge in [0.1, 0.15) is 16.9 Å². The van der Waals surface area contributed by atoms with Gasteiger partial charge in [-0.3, -0.25) is 14.4 Å². The number of aryl methyl sites for hydroxylation is 1. The van der Waals surface area contributed by atoms with Gasteiger partial charge in [0.25, 0.3) is 11.5 Å². The second-order valence-corrected chi connectivity index (χ2v) is 18.2. The van der Waals surface area contributed by atoms with Crippen LogP contribution in [0.1, 0.15) is 118 Å². The summed E-state index contributed by atoms with van der Waals surface area (Å²) in [4.78, 5) is 49.9. The Balaban J connectivity index is 1.21. The second kappa shape index (κ2) is 16.3. The number of nitrogens with zero attached hydrogens (tertiary/aromatic N) is 4. The Hall–Kier alpha value is -4.59. The molecule has 0 saturated heterocycles. The SMILES string of the molecule is Cn1cc2c3c(c[nH]c3c1=O)CN(c1ncc(F)cc1F)c1cc3c(cc1-2)C(S(C)(=O)=O)CCN(CCCCCCCCCCCC(=O)OC(C)(C)C)C3=O. The average molecular weight is 780 g/mol. The van der Waals surface area contributed by atoms with E-state index in [4.69, 9.17) is 4.74 Å². The third-order valence-electron chi connectivity index (χ3n) is 10.5. The Kier molecular flexibility index (Phi) is 11.8. The van der Waals surface area contributed by atoms with Gasteiger partial charge in [-0.1, -0.05) is 44.9 Å². The van der Waals surface area contributed by atoms with E-state index >= 15 is 4.39 Å². The molecule has 0 spiro atoms. The fraction of sp³-hybridized carbons (Fsp3) is 0.512. The molecule has 1 amide bonds. The zero-order valence-electron chi connectivity index (χ0n) is 32.3. The fourth-order valence-electron chi connectivity index (χ4n) is 7.87. The maximum absolute atomic E-state index is 15.5. The topological polar surface area (TPSA) is 135 Å². The monoisotopic (exact) mass is 779 g/mol. The molecule has 3 aromatic heterocycles. The van der Waals surface area contributed by atoms with Gasteiger partial charge < -0.3 is 24.1 Å². The third kappa shape index (κ3) is 8.95. The number of halogens is 2. The summed E-state index contributed by atoms with van der Waals surface area (Å²) in [7, 11) is -2.07. The lowest BCUT2D eigenvalue weighted by molar-refractivity contribution is -0.154. The van der Waals surface area contributed by atoms with E-state index in [1.807, 2.05) is 20.8 Å². The third-order valence-corrected chi connectivity index (χ3v) is 12.0. The van der Waals surface area contributed by atoms with Crippen molar-refractivity contribution in [2.45, 2.75) is 109 Å². The van der Waals surface area contributed by atoms with Crippen LogP contribution in [0.25, 0.3) is 22.0 Å². The number of hydrogen-bond acceptors (Lipinski definition) is 8. The maximum Gasteiger partial charge on any atom is 0.306 e. The van der Waals surface area contributed by atoms with E-state index in [0.29, 0.717) is 51.8 Å². The van der Waals surface area contributed by atoms with Gasteiger partial charge in [-0.05, 0) is 63.3 Å². The minimum absolute atomic E-state index is 0.0427. The van der Waals surface area contributed by atoms with Crippen LogP contribution in [0, 0.1) is 11.6 Å². The van der Waals surface area contributed by atoms with Gasteiger partial charge >= 0.3 is 5.97 Å². The number of rotatable bonds is 14. The highest BCUT2D eigenvalue weighted by molar-refractivity contribution is 7.90. The summed E-state index contributed by atoms with van der Waals surface area (Å²) in [6, 6.07) is 4.06. The van der Waals surface area contributed by atoms with E-state index < -0.39 is 32.3 Å². The Bertz CT molecular complexity index is 2260. The molecule has 11 nitrogen and oxygen atoms in total. The van der Waals surface area contributed by atoms with Gasteiger partial charge in [-0.15, -0.1) is 0 Å². The predicted octanol–water partition coefficient (Wildman–Crippen LogP) is 8.03. The number of unbranched alkanes of at least 4 members (excludes halogenated alkanes) is 8. The van der Waals surface area contributed by atoms with Crippen LogP contribution < -0.4 is 10.5 Å². The van der Waals surface area contributed by atoms with Crippen molar-refractivity contribution in [3.05, 3.63) is 75.5 Å². The van der Waals surface area contributed by atoms with Crippen molar-refractivity contribution in [2.24, 2.45) is 7.05 Å². The molecule has 5 heterocycles. The van der Waals surface area contributed by atoms with Crippen molar-refractivity contribution in [3.8, 4) is 11.1 Å².